The van der Waals surface area contributed by atoms with Crippen molar-refractivity contribution in [3.05, 3.63) is 28.2 Å². The molecular weight excluding hydrogens is 437 g/mol. The fourth-order valence-corrected chi connectivity index (χ4v) is 4.64. The van der Waals surface area contributed by atoms with E-state index in [1.54, 1.807) is 4.90 Å². The van der Waals surface area contributed by atoms with Gasteiger partial charge in [-0.1, -0.05) is 44.0 Å². The molecule has 0 aromatic heterocycles. The summed E-state index contributed by atoms with van der Waals surface area (Å²) in [6.45, 7) is 7.02. The van der Waals surface area contributed by atoms with Gasteiger partial charge in [-0.15, -0.1) is 0 Å². The second-order valence-electron chi connectivity index (χ2n) is 7.97. The lowest BCUT2D eigenvalue weighted by Crippen LogP contribution is -2.50. The molecule has 1 heterocycles. The quantitative estimate of drug-likeness (QED) is 0.656. The summed E-state index contributed by atoms with van der Waals surface area (Å²) in [5.74, 6) is -0.0901. The summed E-state index contributed by atoms with van der Waals surface area (Å²) in [5, 5.41) is 3.29. The smallest absolute Gasteiger partial charge is 0.243 e. The zero-order valence-electron chi connectivity index (χ0n) is 16.9. The van der Waals surface area contributed by atoms with E-state index in [4.69, 9.17) is 23.2 Å². The van der Waals surface area contributed by atoms with Crippen LogP contribution in [0.4, 0.5) is 0 Å². The molecule has 1 saturated heterocycles. The lowest BCUT2D eigenvalue weighted by molar-refractivity contribution is -0.133. The van der Waals surface area contributed by atoms with Gasteiger partial charge in [-0.2, -0.15) is 4.31 Å². The molecule has 0 atom stereocenters. The highest BCUT2D eigenvalue weighted by molar-refractivity contribution is 7.89. The Morgan fingerprint density at radius 1 is 1.07 bits per heavy atom. The molecule has 0 aliphatic carbocycles. The van der Waals surface area contributed by atoms with Crippen molar-refractivity contribution >= 4 is 45.0 Å². The number of nitrogens with zero attached hydrogens (tertiary/aromatic N) is 2. The summed E-state index contributed by atoms with van der Waals surface area (Å²) in [6, 6.07) is 4.21. The Morgan fingerprint density at radius 2 is 1.69 bits per heavy atom. The molecule has 2 rings (SSSR count). The summed E-state index contributed by atoms with van der Waals surface area (Å²) in [4.78, 5) is 25.9. The van der Waals surface area contributed by atoms with E-state index in [-0.39, 0.29) is 34.8 Å². The molecule has 162 valence electrons. The van der Waals surface area contributed by atoms with Crippen LogP contribution in [0.25, 0.3) is 0 Å². The highest BCUT2D eigenvalue weighted by Gasteiger charge is 2.30. The van der Waals surface area contributed by atoms with Gasteiger partial charge in [0.1, 0.15) is 0 Å². The zero-order valence-corrected chi connectivity index (χ0v) is 19.2. The number of carbonyl (C=O) groups excluding carboxylic acids is 2. The number of rotatable bonds is 6. The molecule has 1 aliphatic rings. The van der Waals surface area contributed by atoms with E-state index in [1.807, 2.05) is 20.8 Å². The van der Waals surface area contributed by atoms with Crippen LogP contribution in [0.2, 0.25) is 10.0 Å². The molecule has 0 saturated carbocycles. The molecule has 0 unspecified atom stereocenters. The fourth-order valence-electron chi connectivity index (χ4n) is 2.83. The Hall–Kier alpha value is -1.35. The molecule has 0 radical (unpaired) electrons. The molecule has 2 amide bonds. The molecule has 1 aromatic carbocycles. The number of sulfonamides is 1. The molecule has 10 heteroatoms. The van der Waals surface area contributed by atoms with Crippen molar-refractivity contribution < 1.29 is 18.0 Å². The van der Waals surface area contributed by atoms with Crippen molar-refractivity contribution in [1.29, 1.82) is 0 Å². The maximum atomic E-state index is 12.8. The Bertz CT molecular complexity index is 861. The van der Waals surface area contributed by atoms with Gasteiger partial charge in [0.15, 0.2) is 0 Å². The van der Waals surface area contributed by atoms with Crippen LogP contribution < -0.4 is 5.32 Å². The van der Waals surface area contributed by atoms with Crippen molar-refractivity contribution in [3.63, 3.8) is 0 Å². The molecule has 1 aromatic rings. The Balaban J connectivity index is 1.83. The largest absolute Gasteiger partial charge is 0.356 e. The average Bonchev–Trinajstić information content (AvgIpc) is 2.66. The topological polar surface area (TPSA) is 86.8 Å². The third-order valence-corrected chi connectivity index (χ3v) is 7.29. The van der Waals surface area contributed by atoms with Crippen LogP contribution in [0.1, 0.15) is 33.6 Å². The first-order valence-corrected chi connectivity index (χ1v) is 11.6. The first kappa shape index (κ1) is 23.9. The van der Waals surface area contributed by atoms with E-state index < -0.39 is 15.4 Å². The van der Waals surface area contributed by atoms with Gasteiger partial charge in [0.05, 0.1) is 14.9 Å². The number of nitrogens with one attached hydrogen (secondary N) is 1. The van der Waals surface area contributed by atoms with Crippen molar-refractivity contribution in [2.24, 2.45) is 5.41 Å². The summed E-state index contributed by atoms with van der Waals surface area (Å²) in [5.41, 5.74) is -0.458. The standard InChI is InChI=1S/C19H27Cl2N3O4S/c1-19(2,3)18(26)22-8-4-5-17(25)23-9-11-24(12-10-23)29(27,28)14-6-7-15(20)16(21)13-14/h6-7,13H,4-5,8-12H2,1-3H3,(H,22,26). The zero-order chi connectivity index (χ0) is 21.8. The molecular formula is C19H27Cl2N3O4S. The first-order valence-electron chi connectivity index (χ1n) is 9.44. The third-order valence-electron chi connectivity index (χ3n) is 4.65. The van der Waals surface area contributed by atoms with Crippen molar-refractivity contribution in [3.8, 4) is 0 Å². The molecule has 7 nitrogen and oxygen atoms in total. The third kappa shape index (κ3) is 6.31. The van der Waals surface area contributed by atoms with Gasteiger partial charge in [-0.25, -0.2) is 8.42 Å². The van der Waals surface area contributed by atoms with E-state index in [2.05, 4.69) is 5.32 Å². The number of carbonyl (C=O) groups is 2. The molecule has 0 spiro atoms. The minimum atomic E-state index is -3.69. The SMILES string of the molecule is CC(C)(C)C(=O)NCCCC(=O)N1CCN(S(=O)(=O)c2ccc(Cl)c(Cl)c2)CC1. The summed E-state index contributed by atoms with van der Waals surface area (Å²) >= 11 is 11.8. The maximum absolute atomic E-state index is 12.8. The highest BCUT2D eigenvalue weighted by atomic mass is 35.5. The average molecular weight is 464 g/mol. The van der Waals surface area contributed by atoms with Crippen molar-refractivity contribution in [2.75, 3.05) is 32.7 Å². The van der Waals surface area contributed by atoms with Gasteiger partial charge >= 0.3 is 0 Å². The van der Waals surface area contributed by atoms with Gasteiger partial charge < -0.3 is 10.2 Å². The van der Waals surface area contributed by atoms with Crippen LogP contribution in [0, 0.1) is 5.41 Å². The van der Waals surface area contributed by atoms with Crippen molar-refractivity contribution in [2.45, 2.75) is 38.5 Å². The van der Waals surface area contributed by atoms with E-state index >= 15 is 0 Å². The molecule has 1 N–H and O–H groups in total. The van der Waals surface area contributed by atoms with E-state index in [1.165, 1.54) is 22.5 Å². The number of hydrogen-bond donors (Lipinski definition) is 1. The van der Waals surface area contributed by atoms with Gasteiger partial charge in [0.2, 0.25) is 21.8 Å². The number of hydrogen-bond acceptors (Lipinski definition) is 4. The van der Waals surface area contributed by atoms with Crippen LogP contribution in [0.15, 0.2) is 23.1 Å². The second kappa shape index (κ2) is 9.64. The lowest BCUT2D eigenvalue weighted by Gasteiger charge is -2.34. The number of benzene rings is 1. The normalized spacial score (nSPS) is 16.0. The molecule has 1 fully saturated rings. The minimum Gasteiger partial charge on any atom is -0.356 e. The summed E-state index contributed by atoms with van der Waals surface area (Å²) in [7, 11) is -3.69. The highest BCUT2D eigenvalue weighted by Crippen LogP contribution is 2.27. The van der Waals surface area contributed by atoms with E-state index in [9.17, 15) is 18.0 Å². The number of piperazine rings is 1. The summed E-state index contributed by atoms with van der Waals surface area (Å²) in [6.07, 6.45) is 0.854. The van der Waals surface area contributed by atoms with Gasteiger partial charge in [-0.05, 0) is 24.6 Å². The van der Waals surface area contributed by atoms with Gasteiger partial charge in [0.25, 0.3) is 0 Å². The lowest BCUT2D eigenvalue weighted by atomic mass is 9.96. The fraction of sp³-hybridized carbons (Fsp3) is 0.579. The van der Waals surface area contributed by atoms with Gasteiger partial charge in [-0.3, -0.25) is 9.59 Å². The Kier molecular flexibility index (Phi) is 7.95. The van der Waals surface area contributed by atoms with E-state index in [0.29, 0.717) is 37.5 Å². The Labute approximate surface area is 182 Å². The molecule has 29 heavy (non-hydrogen) atoms. The van der Waals surface area contributed by atoms with E-state index in [0.717, 1.165) is 0 Å². The van der Waals surface area contributed by atoms with Gasteiger partial charge in [0, 0.05) is 44.6 Å². The molecule has 0 bridgehead atoms. The van der Waals surface area contributed by atoms with Crippen LogP contribution in [-0.4, -0.2) is 62.2 Å². The minimum absolute atomic E-state index is 0.0402. The predicted molar refractivity (Wildman–Crippen MR) is 113 cm³/mol. The number of amides is 2. The summed E-state index contributed by atoms with van der Waals surface area (Å²) < 4.78 is 26.9. The molecule has 1 aliphatic heterocycles. The van der Waals surface area contributed by atoms with Crippen molar-refractivity contribution in [1.82, 2.24) is 14.5 Å². The van der Waals surface area contributed by atoms with Crippen LogP contribution in [0.3, 0.4) is 0 Å². The maximum Gasteiger partial charge on any atom is 0.243 e. The van der Waals surface area contributed by atoms with Crippen LogP contribution in [-0.2, 0) is 19.6 Å². The first-order chi connectivity index (χ1) is 13.4. The monoisotopic (exact) mass is 463 g/mol. The van der Waals surface area contributed by atoms with Crippen LogP contribution >= 0.6 is 23.2 Å². The van der Waals surface area contributed by atoms with Crippen LogP contribution in [0.5, 0.6) is 0 Å². The number of halogens is 2. The predicted octanol–water partition coefficient (Wildman–Crippen LogP) is 2.77. The Morgan fingerprint density at radius 3 is 2.24 bits per heavy atom. The second-order valence-corrected chi connectivity index (χ2v) is 10.7.